The Hall–Kier alpha value is -1.24. The molecule has 1 fully saturated rings. The van der Waals surface area contributed by atoms with Crippen LogP contribution in [-0.4, -0.2) is 5.11 Å². The van der Waals surface area contributed by atoms with Gasteiger partial charge in [0.1, 0.15) is 5.75 Å². The first-order chi connectivity index (χ1) is 6.83. The van der Waals surface area contributed by atoms with Gasteiger partial charge in [0.2, 0.25) is 0 Å². The van der Waals surface area contributed by atoms with Crippen LogP contribution in [0.2, 0.25) is 0 Å². The molecule has 2 aliphatic rings. The zero-order valence-electron chi connectivity index (χ0n) is 8.11. The van der Waals surface area contributed by atoms with E-state index in [4.69, 9.17) is 0 Å². The Morgan fingerprint density at radius 1 is 1.07 bits per heavy atom. The Labute approximate surface area is 84.1 Å². The monoisotopic (exact) mass is 186 g/mol. The fraction of sp³-hybridized carbons (Fsp3) is 0.385. The Kier molecular flexibility index (Phi) is 1.66. The molecule has 0 aromatic heterocycles. The number of hydrogen-bond donors (Lipinski definition) is 1. The van der Waals surface area contributed by atoms with Crippen LogP contribution in [0, 0.1) is 11.8 Å². The smallest absolute Gasteiger partial charge is 0.115 e. The molecule has 1 aromatic carbocycles. The zero-order valence-corrected chi connectivity index (χ0v) is 8.11. The quantitative estimate of drug-likeness (QED) is 0.714. The maximum atomic E-state index is 9.21. The lowest BCUT2D eigenvalue weighted by Gasteiger charge is -2.13. The van der Waals surface area contributed by atoms with Crippen molar-refractivity contribution in [2.45, 2.75) is 19.3 Å². The van der Waals surface area contributed by atoms with Gasteiger partial charge in [-0.1, -0.05) is 18.2 Å². The Balaban J connectivity index is 1.96. The van der Waals surface area contributed by atoms with Crippen LogP contribution in [0.3, 0.4) is 0 Å². The van der Waals surface area contributed by atoms with E-state index in [2.05, 4.69) is 6.08 Å². The summed E-state index contributed by atoms with van der Waals surface area (Å²) in [6, 6.07) is 7.62. The lowest BCUT2D eigenvalue weighted by molar-refractivity contribution is 0.475. The van der Waals surface area contributed by atoms with Crippen molar-refractivity contribution >= 4 is 5.57 Å². The molecule has 3 rings (SSSR count). The van der Waals surface area contributed by atoms with Gasteiger partial charge in [0.25, 0.3) is 0 Å². The van der Waals surface area contributed by atoms with Crippen molar-refractivity contribution in [1.82, 2.24) is 0 Å². The number of allylic oxidation sites excluding steroid dienone is 2. The lowest BCUT2D eigenvalue weighted by Crippen LogP contribution is -1.95. The van der Waals surface area contributed by atoms with Crippen LogP contribution in [0.15, 0.2) is 30.3 Å². The summed E-state index contributed by atoms with van der Waals surface area (Å²) in [5, 5.41) is 9.21. The highest BCUT2D eigenvalue weighted by molar-refractivity contribution is 5.70. The Bertz CT molecular complexity index is 375. The molecule has 2 aliphatic carbocycles. The van der Waals surface area contributed by atoms with E-state index in [9.17, 15) is 5.11 Å². The van der Waals surface area contributed by atoms with Crippen LogP contribution in [0.5, 0.6) is 5.75 Å². The molecule has 0 aliphatic heterocycles. The third kappa shape index (κ3) is 1.16. The Morgan fingerprint density at radius 3 is 2.43 bits per heavy atom. The topological polar surface area (TPSA) is 20.2 Å². The third-order valence-electron chi connectivity index (χ3n) is 3.53. The molecule has 0 amide bonds. The number of aromatic hydroxyl groups is 1. The highest BCUT2D eigenvalue weighted by Crippen LogP contribution is 2.47. The molecular formula is C13H14O. The van der Waals surface area contributed by atoms with E-state index in [1.54, 1.807) is 12.1 Å². The van der Waals surface area contributed by atoms with Gasteiger partial charge >= 0.3 is 0 Å². The van der Waals surface area contributed by atoms with Gasteiger partial charge in [0.05, 0.1) is 0 Å². The minimum absolute atomic E-state index is 0.359. The van der Waals surface area contributed by atoms with Gasteiger partial charge in [-0.15, -0.1) is 0 Å². The second-order valence-electron chi connectivity index (χ2n) is 4.44. The van der Waals surface area contributed by atoms with Crippen LogP contribution in [-0.2, 0) is 0 Å². The number of phenols is 1. The maximum absolute atomic E-state index is 9.21. The molecule has 72 valence electrons. The van der Waals surface area contributed by atoms with Gasteiger partial charge in [0.15, 0.2) is 0 Å². The standard InChI is InChI=1S/C13H14O/c14-12-5-3-10(4-6-12)13-8-9-1-2-11(13)7-9/h3-6,8-9,11,14H,1-2,7H2. The van der Waals surface area contributed by atoms with Crippen LogP contribution < -0.4 is 0 Å². The van der Waals surface area contributed by atoms with Crippen LogP contribution in [0.25, 0.3) is 5.57 Å². The predicted molar refractivity (Wildman–Crippen MR) is 56.9 cm³/mol. The van der Waals surface area contributed by atoms with Crippen molar-refractivity contribution in [2.75, 3.05) is 0 Å². The molecule has 2 bridgehead atoms. The molecule has 0 heterocycles. The molecule has 2 atom stereocenters. The number of rotatable bonds is 1. The number of phenolic OH excluding ortho intramolecular Hbond substituents is 1. The number of hydrogen-bond acceptors (Lipinski definition) is 1. The summed E-state index contributed by atoms with van der Waals surface area (Å²) in [5.74, 6) is 1.99. The van der Waals surface area contributed by atoms with Gasteiger partial charge in [-0.05, 0) is 54.4 Å². The molecule has 1 heteroatoms. The van der Waals surface area contributed by atoms with Gasteiger partial charge in [0, 0.05) is 0 Å². The second-order valence-corrected chi connectivity index (χ2v) is 4.44. The minimum Gasteiger partial charge on any atom is -0.508 e. The lowest BCUT2D eigenvalue weighted by atomic mass is 9.92. The largest absolute Gasteiger partial charge is 0.508 e. The van der Waals surface area contributed by atoms with Crippen molar-refractivity contribution in [3.63, 3.8) is 0 Å². The molecule has 0 radical (unpaired) electrons. The highest BCUT2D eigenvalue weighted by atomic mass is 16.3. The maximum Gasteiger partial charge on any atom is 0.115 e. The van der Waals surface area contributed by atoms with E-state index in [0.717, 1.165) is 11.8 Å². The first-order valence-electron chi connectivity index (χ1n) is 5.34. The predicted octanol–water partition coefficient (Wildman–Crippen LogP) is 3.21. The molecule has 2 unspecified atom stereocenters. The molecule has 1 N–H and O–H groups in total. The summed E-state index contributed by atoms with van der Waals surface area (Å²) < 4.78 is 0. The van der Waals surface area contributed by atoms with E-state index < -0.39 is 0 Å². The fourth-order valence-electron chi connectivity index (χ4n) is 2.83. The van der Waals surface area contributed by atoms with Crippen molar-refractivity contribution < 1.29 is 5.11 Å². The van der Waals surface area contributed by atoms with Gasteiger partial charge in [-0.2, -0.15) is 0 Å². The van der Waals surface area contributed by atoms with Crippen LogP contribution in [0.4, 0.5) is 0 Å². The van der Waals surface area contributed by atoms with Crippen LogP contribution in [0.1, 0.15) is 24.8 Å². The molecule has 1 nitrogen and oxygen atoms in total. The van der Waals surface area contributed by atoms with Crippen LogP contribution >= 0.6 is 0 Å². The molecule has 0 spiro atoms. The van der Waals surface area contributed by atoms with Crippen molar-refractivity contribution in [3.8, 4) is 5.75 Å². The average molecular weight is 186 g/mol. The SMILES string of the molecule is Oc1ccc(C2=CC3CCC2C3)cc1. The molecule has 14 heavy (non-hydrogen) atoms. The van der Waals surface area contributed by atoms with E-state index in [1.165, 1.54) is 30.4 Å². The summed E-state index contributed by atoms with van der Waals surface area (Å²) in [6.07, 6.45) is 6.53. The summed E-state index contributed by atoms with van der Waals surface area (Å²) in [5.41, 5.74) is 2.82. The highest BCUT2D eigenvalue weighted by Gasteiger charge is 2.32. The first kappa shape index (κ1) is 8.10. The summed E-state index contributed by atoms with van der Waals surface area (Å²) in [4.78, 5) is 0. The van der Waals surface area contributed by atoms with Gasteiger partial charge < -0.3 is 5.11 Å². The molecule has 0 saturated heterocycles. The van der Waals surface area contributed by atoms with E-state index in [-0.39, 0.29) is 0 Å². The molecular weight excluding hydrogens is 172 g/mol. The van der Waals surface area contributed by atoms with Gasteiger partial charge in [-0.25, -0.2) is 0 Å². The number of benzene rings is 1. The number of fused-ring (bicyclic) bond motifs is 2. The van der Waals surface area contributed by atoms with E-state index in [1.807, 2.05) is 12.1 Å². The first-order valence-corrected chi connectivity index (χ1v) is 5.34. The molecule has 1 saturated carbocycles. The summed E-state index contributed by atoms with van der Waals surface area (Å²) in [6.45, 7) is 0. The normalized spacial score (nSPS) is 29.3. The second kappa shape index (κ2) is 2.88. The third-order valence-corrected chi connectivity index (χ3v) is 3.53. The zero-order chi connectivity index (χ0) is 9.54. The minimum atomic E-state index is 0.359. The van der Waals surface area contributed by atoms with Crippen molar-refractivity contribution in [1.29, 1.82) is 0 Å². The average Bonchev–Trinajstić information content (AvgIpc) is 2.80. The summed E-state index contributed by atoms with van der Waals surface area (Å²) >= 11 is 0. The fourth-order valence-corrected chi connectivity index (χ4v) is 2.83. The summed E-state index contributed by atoms with van der Waals surface area (Å²) in [7, 11) is 0. The Morgan fingerprint density at radius 2 is 1.86 bits per heavy atom. The molecule has 1 aromatic rings. The van der Waals surface area contributed by atoms with E-state index in [0.29, 0.717) is 5.75 Å². The van der Waals surface area contributed by atoms with Crippen molar-refractivity contribution in [3.05, 3.63) is 35.9 Å². The van der Waals surface area contributed by atoms with E-state index >= 15 is 0 Å². The van der Waals surface area contributed by atoms with Crippen molar-refractivity contribution in [2.24, 2.45) is 11.8 Å². The van der Waals surface area contributed by atoms with Gasteiger partial charge in [-0.3, -0.25) is 0 Å².